The summed E-state index contributed by atoms with van der Waals surface area (Å²) in [5, 5.41) is 1.35. The summed E-state index contributed by atoms with van der Waals surface area (Å²) in [6.45, 7) is 0. The van der Waals surface area contributed by atoms with Crippen molar-refractivity contribution in [3.8, 4) is 0 Å². The van der Waals surface area contributed by atoms with Crippen molar-refractivity contribution < 1.29 is 21.6 Å². The highest BCUT2D eigenvalue weighted by molar-refractivity contribution is 7.93. The van der Waals surface area contributed by atoms with Gasteiger partial charge in [0.05, 0.1) is 11.0 Å². The van der Waals surface area contributed by atoms with E-state index in [9.17, 15) is 21.6 Å². The molecule has 0 aliphatic carbocycles. The highest BCUT2D eigenvalue weighted by Gasteiger charge is 2.46. The number of pyridine rings is 1. The zero-order chi connectivity index (χ0) is 16.0. The molecule has 0 saturated heterocycles. The first-order chi connectivity index (χ1) is 10.3. The average molecular weight is 326 g/mol. The summed E-state index contributed by atoms with van der Waals surface area (Å²) >= 11 is 0. The van der Waals surface area contributed by atoms with E-state index in [-0.39, 0.29) is 5.69 Å². The zero-order valence-electron chi connectivity index (χ0n) is 10.9. The van der Waals surface area contributed by atoms with Crippen LogP contribution in [0.3, 0.4) is 0 Å². The Hall–Kier alpha value is -2.35. The molecule has 4 nitrogen and oxygen atoms in total. The third-order valence-electron chi connectivity index (χ3n) is 3.07. The number of halogens is 3. The van der Waals surface area contributed by atoms with Crippen LogP contribution >= 0.6 is 0 Å². The molecule has 3 rings (SSSR count). The van der Waals surface area contributed by atoms with E-state index in [0.29, 0.717) is 10.9 Å². The zero-order valence-corrected chi connectivity index (χ0v) is 11.7. The Kier molecular flexibility index (Phi) is 3.21. The topological polar surface area (TPSA) is 59.1 Å². The van der Waals surface area contributed by atoms with Crippen LogP contribution in [0, 0.1) is 0 Å². The van der Waals surface area contributed by atoms with E-state index in [4.69, 9.17) is 0 Å². The van der Waals surface area contributed by atoms with Crippen LogP contribution in [0.5, 0.6) is 0 Å². The van der Waals surface area contributed by atoms with E-state index < -0.39 is 15.5 Å². The minimum atomic E-state index is -5.43. The van der Waals surface area contributed by atoms with Crippen molar-refractivity contribution in [3.05, 3.63) is 48.5 Å². The molecule has 0 radical (unpaired) electrons. The van der Waals surface area contributed by atoms with Crippen molar-refractivity contribution in [2.45, 2.75) is 5.51 Å². The van der Waals surface area contributed by atoms with E-state index in [0.717, 1.165) is 10.9 Å². The molecule has 0 fully saturated rings. The van der Waals surface area contributed by atoms with Crippen LogP contribution < -0.4 is 4.72 Å². The molecule has 0 amide bonds. The number of aromatic nitrogens is 1. The van der Waals surface area contributed by atoms with Gasteiger partial charge in [-0.25, -0.2) is 4.98 Å². The molecule has 1 heterocycles. The number of fused-ring (bicyclic) bond motifs is 2. The molecule has 114 valence electrons. The van der Waals surface area contributed by atoms with Gasteiger partial charge in [0.25, 0.3) is 0 Å². The fourth-order valence-electron chi connectivity index (χ4n) is 2.06. The molecule has 0 unspecified atom stereocenters. The fraction of sp³-hybridized carbons (Fsp3) is 0.0714. The first-order valence-corrected chi connectivity index (χ1v) is 7.63. The molecule has 2 aromatic carbocycles. The average Bonchev–Trinajstić information content (AvgIpc) is 2.43. The smallest absolute Gasteiger partial charge is 0.276 e. The number of nitrogens with one attached hydrogen (secondary N) is 1. The number of benzene rings is 2. The van der Waals surface area contributed by atoms with Crippen LogP contribution in [0.1, 0.15) is 0 Å². The van der Waals surface area contributed by atoms with Crippen molar-refractivity contribution in [1.29, 1.82) is 0 Å². The van der Waals surface area contributed by atoms with Gasteiger partial charge in [-0.15, -0.1) is 0 Å². The Labute approximate surface area is 123 Å². The lowest BCUT2D eigenvalue weighted by atomic mass is 10.1. The van der Waals surface area contributed by atoms with Crippen LogP contribution in [0.15, 0.2) is 48.5 Å². The SMILES string of the molecule is O=S(=O)(Nc1ccc2nc3ccccc3cc2c1)C(F)(F)F. The number of alkyl halides is 3. The lowest BCUT2D eigenvalue weighted by Crippen LogP contribution is -2.29. The first kappa shape index (κ1) is 14.6. The van der Waals surface area contributed by atoms with E-state index in [1.807, 2.05) is 24.3 Å². The van der Waals surface area contributed by atoms with Crippen molar-refractivity contribution in [2.24, 2.45) is 0 Å². The second-order valence-corrected chi connectivity index (χ2v) is 6.31. The fourth-order valence-corrected chi connectivity index (χ4v) is 2.61. The minimum Gasteiger partial charge on any atom is -0.276 e. The number of hydrogen-bond donors (Lipinski definition) is 1. The van der Waals surface area contributed by atoms with Crippen molar-refractivity contribution in [2.75, 3.05) is 4.72 Å². The molecule has 0 aliphatic rings. The van der Waals surface area contributed by atoms with Gasteiger partial charge in [-0.1, -0.05) is 18.2 Å². The van der Waals surface area contributed by atoms with Crippen LogP contribution in [0.2, 0.25) is 0 Å². The monoisotopic (exact) mass is 326 g/mol. The van der Waals surface area contributed by atoms with Gasteiger partial charge >= 0.3 is 15.5 Å². The molecule has 0 aliphatic heterocycles. The van der Waals surface area contributed by atoms with Gasteiger partial charge in [0, 0.05) is 16.5 Å². The maximum atomic E-state index is 12.4. The molecule has 0 atom stereocenters. The van der Waals surface area contributed by atoms with Crippen molar-refractivity contribution >= 4 is 37.5 Å². The Morgan fingerprint density at radius 2 is 1.59 bits per heavy atom. The van der Waals surface area contributed by atoms with Gasteiger partial charge < -0.3 is 0 Å². The third-order valence-corrected chi connectivity index (χ3v) is 4.19. The number of sulfonamides is 1. The Bertz CT molecular complexity index is 969. The van der Waals surface area contributed by atoms with Gasteiger partial charge in [0.1, 0.15) is 0 Å². The molecular weight excluding hydrogens is 317 g/mol. The molecule has 1 N–H and O–H groups in total. The molecule has 1 aromatic heterocycles. The first-order valence-electron chi connectivity index (χ1n) is 6.15. The summed E-state index contributed by atoms with van der Waals surface area (Å²) in [7, 11) is -5.43. The van der Waals surface area contributed by atoms with Crippen molar-refractivity contribution in [1.82, 2.24) is 4.98 Å². The third kappa shape index (κ3) is 2.57. The van der Waals surface area contributed by atoms with Gasteiger partial charge in [-0.2, -0.15) is 21.6 Å². The summed E-state index contributed by atoms with van der Waals surface area (Å²) in [5.74, 6) is 0. The maximum absolute atomic E-state index is 12.4. The van der Waals surface area contributed by atoms with Crippen LogP contribution in [0.4, 0.5) is 18.9 Å². The Balaban J connectivity index is 2.08. The van der Waals surface area contributed by atoms with Crippen LogP contribution in [-0.4, -0.2) is 18.9 Å². The van der Waals surface area contributed by atoms with Crippen LogP contribution in [-0.2, 0) is 10.0 Å². The largest absolute Gasteiger partial charge is 0.516 e. The molecular formula is C14H9F3N2O2S. The second kappa shape index (κ2) is 4.84. The minimum absolute atomic E-state index is 0.165. The van der Waals surface area contributed by atoms with Crippen LogP contribution in [0.25, 0.3) is 21.8 Å². The predicted molar refractivity (Wildman–Crippen MR) is 77.8 cm³/mol. The number of rotatable bonds is 2. The van der Waals surface area contributed by atoms with E-state index >= 15 is 0 Å². The lowest BCUT2D eigenvalue weighted by Gasteiger charge is -2.11. The number of hydrogen-bond acceptors (Lipinski definition) is 3. The van der Waals surface area contributed by atoms with E-state index in [1.165, 1.54) is 22.9 Å². The summed E-state index contributed by atoms with van der Waals surface area (Å²) in [6.07, 6.45) is 0. The Morgan fingerprint density at radius 3 is 2.32 bits per heavy atom. The quantitative estimate of drug-likeness (QED) is 0.731. The van der Waals surface area contributed by atoms with E-state index in [2.05, 4.69) is 4.98 Å². The van der Waals surface area contributed by atoms with Crippen molar-refractivity contribution in [3.63, 3.8) is 0 Å². The van der Waals surface area contributed by atoms with Gasteiger partial charge in [0.2, 0.25) is 0 Å². The van der Waals surface area contributed by atoms with Gasteiger partial charge in [0.15, 0.2) is 0 Å². The summed E-state index contributed by atoms with van der Waals surface area (Å²) in [5.41, 5.74) is -4.21. The Morgan fingerprint density at radius 1 is 0.909 bits per heavy atom. The molecule has 3 aromatic rings. The number of anilines is 1. The molecule has 0 bridgehead atoms. The summed E-state index contributed by atoms with van der Waals surface area (Å²) in [4.78, 5) is 4.36. The molecule has 0 spiro atoms. The second-order valence-electron chi connectivity index (χ2n) is 4.64. The molecule has 8 heteroatoms. The summed E-state index contributed by atoms with van der Waals surface area (Å²) < 4.78 is 60.9. The van der Waals surface area contributed by atoms with E-state index in [1.54, 1.807) is 6.07 Å². The standard InChI is InChI=1S/C14H9F3N2O2S/c15-14(16,17)22(20,21)19-11-5-6-13-10(8-11)7-9-3-1-2-4-12(9)18-13/h1-8,19H. The predicted octanol–water partition coefficient (Wildman–Crippen LogP) is 3.65. The maximum Gasteiger partial charge on any atom is 0.516 e. The number of para-hydroxylation sites is 1. The normalized spacial score (nSPS) is 12.7. The van der Waals surface area contributed by atoms with Gasteiger partial charge in [-0.05, 0) is 30.3 Å². The summed E-state index contributed by atoms with van der Waals surface area (Å²) in [6, 6.07) is 13.0. The van der Waals surface area contributed by atoms with Gasteiger partial charge in [-0.3, -0.25) is 4.72 Å². The molecule has 22 heavy (non-hydrogen) atoms. The number of nitrogens with zero attached hydrogens (tertiary/aromatic N) is 1. The molecule has 0 saturated carbocycles. The lowest BCUT2D eigenvalue weighted by molar-refractivity contribution is -0.0429. The highest BCUT2D eigenvalue weighted by Crippen LogP contribution is 2.27. The highest BCUT2D eigenvalue weighted by atomic mass is 32.2.